The van der Waals surface area contributed by atoms with Crippen LogP contribution in [0.15, 0.2) is 34.6 Å². The Balaban J connectivity index is 2.18. The van der Waals surface area contributed by atoms with Gasteiger partial charge in [-0.15, -0.1) is 0 Å². The fourth-order valence-electron chi connectivity index (χ4n) is 3.03. The molecule has 0 amide bonds. The van der Waals surface area contributed by atoms with Gasteiger partial charge in [-0.1, -0.05) is 34.3 Å². The number of nitrogens with zero attached hydrogens (tertiary/aromatic N) is 3. The Morgan fingerprint density at radius 3 is 2.61 bits per heavy atom. The van der Waals surface area contributed by atoms with Crippen LogP contribution in [0.25, 0.3) is 0 Å². The second-order valence-electron chi connectivity index (χ2n) is 7.40. The number of hydrogen-bond acceptors (Lipinski definition) is 7. The zero-order valence-electron chi connectivity index (χ0n) is 17.2. The molecular formula is C21H30N6S. The number of anilines is 1. The number of pyridine rings is 1. The topological polar surface area (TPSA) is 99.1 Å². The highest BCUT2D eigenvalue weighted by atomic mass is 32.2. The van der Waals surface area contributed by atoms with Gasteiger partial charge in [0.15, 0.2) is 0 Å². The summed E-state index contributed by atoms with van der Waals surface area (Å²) in [5, 5.41) is 12.7. The van der Waals surface area contributed by atoms with Gasteiger partial charge in [0.05, 0.1) is 22.0 Å². The number of aliphatic imine (C=N–C) groups is 1. The molecule has 4 N–H and O–H groups in total. The number of aromatic nitrogens is 1. The highest BCUT2D eigenvalue weighted by Crippen LogP contribution is 2.33. The Hall–Kier alpha value is -2.46. The lowest BCUT2D eigenvalue weighted by Crippen LogP contribution is -2.18. The lowest BCUT2D eigenvalue weighted by atomic mass is 9.96. The molecule has 0 bridgehead atoms. The predicted octanol–water partition coefficient (Wildman–Crippen LogP) is 4.75. The van der Waals surface area contributed by atoms with Gasteiger partial charge < -0.3 is 15.8 Å². The highest BCUT2D eigenvalue weighted by molar-refractivity contribution is 8.02. The van der Waals surface area contributed by atoms with Crippen LogP contribution in [0, 0.1) is 11.3 Å². The molecule has 0 saturated carbocycles. The van der Waals surface area contributed by atoms with Crippen LogP contribution < -0.4 is 15.8 Å². The summed E-state index contributed by atoms with van der Waals surface area (Å²) in [6.07, 6.45) is 4.82. The molecule has 28 heavy (non-hydrogen) atoms. The minimum absolute atomic E-state index is 0.171. The monoisotopic (exact) mass is 398 g/mol. The summed E-state index contributed by atoms with van der Waals surface area (Å²) >= 11 is 1.41. The van der Waals surface area contributed by atoms with E-state index in [9.17, 15) is 5.26 Å². The van der Waals surface area contributed by atoms with E-state index in [0.29, 0.717) is 11.5 Å². The first-order chi connectivity index (χ1) is 13.4. The Labute approximate surface area is 172 Å². The minimum atomic E-state index is 0.171. The van der Waals surface area contributed by atoms with Crippen molar-refractivity contribution in [3.63, 3.8) is 0 Å². The van der Waals surface area contributed by atoms with Gasteiger partial charge in [-0.05, 0) is 54.7 Å². The quantitative estimate of drug-likeness (QED) is 0.547. The van der Waals surface area contributed by atoms with Crippen molar-refractivity contribution in [3.8, 4) is 6.07 Å². The molecule has 2 rings (SSSR count). The molecule has 1 aliphatic heterocycles. The maximum Gasteiger partial charge on any atom is 0.141 e. The van der Waals surface area contributed by atoms with Crippen molar-refractivity contribution in [1.29, 1.82) is 5.26 Å². The second kappa shape index (κ2) is 10.2. The first-order valence-corrected chi connectivity index (χ1v) is 10.5. The van der Waals surface area contributed by atoms with Crippen LogP contribution in [0.2, 0.25) is 0 Å². The number of hydrogen-bond donors (Lipinski definition) is 3. The lowest BCUT2D eigenvalue weighted by molar-refractivity contribution is 0.739. The molecule has 7 heteroatoms. The van der Waals surface area contributed by atoms with Crippen LogP contribution in [-0.4, -0.2) is 17.2 Å². The largest absolute Gasteiger partial charge is 0.404 e. The van der Waals surface area contributed by atoms with E-state index in [1.54, 1.807) is 6.20 Å². The first-order valence-electron chi connectivity index (χ1n) is 9.66. The van der Waals surface area contributed by atoms with Crippen molar-refractivity contribution in [2.75, 3.05) is 11.9 Å². The first kappa shape index (κ1) is 21.8. The molecule has 1 aromatic rings. The van der Waals surface area contributed by atoms with Crippen molar-refractivity contribution in [2.45, 2.75) is 58.8 Å². The molecular weight excluding hydrogens is 368 g/mol. The zero-order chi connectivity index (χ0) is 20.7. The summed E-state index contributed by atoms with van der Waals surface area (Å²) in [4.78, 5) is 10.0. The molecule has 0 radical (unpaired) electrons. The average molecular weight is 399 g/mol. The Morgan fingerprint density at radius 2 is 2.07 bits per heavy atom. The third-order valence-electron chi connectivity index (χ3n) is 4.48. The fraction of sp³-hybridized carbons (Fsp3) is 0.476. The molecule has 6 nitrogen and oxygen atoms in total. The van der Waals surface area contributed by atoms with Crippen molar-refractivity contribution < 1.29 is 0 Å². The zero-order valence-corrected chi connectivity index (χ0v) is 18.0. The number of rotatable bonds is 8. The molecule has 150 valence electrons. The van der Waals surface area contributed by atoms with Gasteiger partial charge in [0.2, 0.25) is 0 Å². The summed E-state index contributed by atoms with van der Waals surface area (Å²) in [6.45, 7) is 13.3. The molecule has 0 spiro atoms. The maximum absolute atomic E-state index is 9.32. The molecule has 0 atom stereocenters. The van der Waals surface area contributed by atoms with E-state index in [4.69, 9.17) is 5.73 Å². The van der Waals surface area contributed by atoms with E-state index < -0.39 is 0 Å². The van der Waals surface area contributed by atoms with Crippen molar-refractivity contribution in [1.82, 2.24) is 9.71 Å². The Morgan fingerprint density at radius 1 is 1.32 bits per heavy atom. The summed E-state index contributed by atoms with van der Waals surface area (Å²) in [5.41, 5.74) is 10.1. The van der Waals surface area contributed by atoms with E-state index in [-0.39, 0.29) is 11.8 Å². The van der Waals surface area contributed by atoms with Crippen molar-refractivity contribution in [3.05, 3.63) is 46.5 Å². The third-order valence-corrected chi connectivity index (χ3v) is 5.42. The van der Waals surface area contributed by atoms with Crippen LogP contribution in [-0.2, 0) is 0 Å². The number of nitriles is 1. The summed E-state index contributed by atoms with van der Waals surface area (Å²) in [6, 6.07) is 4.01. The summed E-state index contributed by atoms with van der Waals surface area (Å²) in [5.74, 6) is 1.05. The fourth-order valence-corrected chi connectivity index (χ4v) is 3.67. The van der Waals surface area contributed by atoms with Crippen LogP contribution in [0.1, 0.15) is 75.7 Å². The SMILES string of the molecule is C=C(NSC(=CN)C1=NCCCC1)Nc1c(C(C)C)cc(C#N)nc1C(C)C. The van der Waals surface area contributed by atoms with Gasteiger partial charge in [0, 0.05) is 12.7 Å². The lowest BCUT2D eigenvalue weighted by Gasteiger charge is -2.22. The molecule has 0 fully saturated rings. The van der Waals surface area contributed by atoms with Gasteiger partial charge in [0.25, 0.3) is 0 Å². The molecule has 0 saturated heterocycles. The summed E-state index contributed by atoms with van der Waals surface area (Å²) < 4.78 is 3.23. The second-order valence-corrected chi connectivity index (χ2v) is 8.25. The van der Waals surface area contributed by atoms with Crippen LogP contribution in [0.3, 0.4) is 0 Å². The third kappa shape index (κ3) is 5.52. The molecule has 1 aliphatic rings. The van der Waals surface area contributed by atoms with E-state index in [0.717, 1.165) is 53.4 Å². The normalized spacial score (nSPS) is 14.6. The number of nitrogens with one attached hydrogen (secondary N) is 2. The van der Waals surface area contributed by atoms with Gasteiger partial charge in [-0.3, -0.25) is 4.99 Å². The van der Waals surface area contributed by atoms with E-state index in [2.05, 4.69) is 60.4 Å². The Kier molecular flexibility index (Phi) is 7.94. The van der Waals surface area contributed by atoms with Crippen molar-refractivity contribution in [2.24, 2.45) is 10.7 Å². The minimum Gasteiger partial charge on any atom is -0.404 e. The van der Waals surface area contributed by atoms with Crippen LogP contribution in [0.4, 0.5) is 5.69 Å². The van der Waals surface area contributed by atoms with E-state index in [1.807, 2.05) is 6.07 Å². The number of allylic oxidation sites excluding steroid dienone is 1. The van der Waals surface area contributed by atoms with Gasteiger partial charge in [-0.2, -0.15) is 5.26 Å². The highest BCUT2D eigenvalue weighted by Gasteiger charge is 2.18. The number of nitrogens with two attached hydrogens (primary N) is 1. The molecule has 1 aromatic heterocycles. The Bertz CT molecular complexity index is 788. The van der Waals surface area contributed by atoms with E-state index in [1.165, 1.54) is 11.9 Å². The smallest absolute Gasteiger partial charge is 0.141 e. The van der Waals surface area contributed by atoms with Gasteiger partial charge in [-0.25, -0.2) is 4.98 Å². The molecule has 0 unspecified atom stereocenters. The molecule has 0 aliphatic carbocycles. The predicted molar refractivity (Wildman–Crippen MR) is 119 cm³/mol. The maximum atomic E-state index is 9.32. The standard InChI is InChI=1S/C21H30N6S/c1-13(2)17-10-16(11-22)26-20(14(3)4)21(17)25-15(5)27-28-19(12-23)18-8-6-7-9-24-18/h10,12-14,25,27H,5-9,23H2,1-4H3. The van der Waals surface area contributed by atoms with E-state index >= 15 is 0 Å². The van der Waals surface area contributed by atoms with Crippen LogP contribution >= 0.6 is 11.9 Å². The van der Waals surface area contributed by atoms with Crippen molar-refractivity contribution >= 4 is 23.3 Å². The van der Waals surface area contributed by atoms with Crippen LogP contribution in [0.5, 0.6) is 0 Å². The average Bonchev–Trinajstić information content (AvgIpc) is 2.68. The molecule has 2 heterocycles. The van der Waals surface area contributed by atoms with Gasteiger partial charge >= 0.3 is 0 Å². The molecule has 0 aromatic carbocycles. The summed E-state index contributed by atoms with van der Waals surface area (Å²) in [7, 11) is 0. The van der Waals surface area contributed by atoms with Gasteiger partial charge in [0.1, 0.15) is 17.6 Å².